The Kier molecular flexibility index (Phi) is 41.4. The molecule has 0 saturated heterocycles. The number of hydrogen-bond donors (Lipinski definition) is 0. The molecule has 0 aromatic carbocycles. The van der Waals surface area contributed by atoms with Gasteiger partial charge in [0.25, 0.3) is 0 Å². The first-order valence-electron chi connectivity index (χ1n) is 36.7. The van der Waals surface area contributed by atoms with Gasteiger partial charge in [-0.3, -0.25) is 0 Å². The van der Waals surface area contributed by atoms with Gasteiger partial charge < -0.3 is 0 Å². The molecule has 0 aliphatic heterocycles. The molecule has 10 rings (SSSR count). The molecule has 0 radical (unpaired) electrons. The van der Waals surface area contributed by atoms with Crippen LogP contribution in [0, 0.1) is 35.5 Å². The van der Waals surface area contributed by atoms with Crippen molar-refractivity contribution in [2.24, 2.45) is 35.5 Å². The van der Waals surface area contributed by atoms with Crippen molar-refractivity contribution in [3.05, 3.63) is 182 Å². The first-order valence-corrected chi connectivity index (χ1v) is 36.7. The topological polar surface area (TPSA) is 0 Å². The zero-order valence-electron chi connectivity index (χ0n) is 65.6. The molecular weight excluding hydrogens is 1080 g/mol. The van der Waals surface area contributed by atoms with Gasteiger partial charge in [0.05, 0.1) is 0 Å². The SMILES string of the molecule is CC1=CC(C)=C(C)CC1.CC1=CC(C)=C(C)CC1.CC1=CC(C)=C(C)CCC1.CC1=CCC(C)=C(C)C1.CC1=CCC(C)=C(C)C1.CC1=CCCC(C)=C1C.CC1=CCCC(C)=C1C.CC1=CCCCC(C)=C1C.CC1CC(C)C(C)C1.CC1CCC(C)C1C. The summed E-state index contributed by atoms with van der Waals surface area (Å²) in [6.45, 7) is 67.4. The molecule has 10 aliphatic carbocycles. The Hall–Kier alpha value is -4.16. The summed E-state index contributed by atoms with van der Waals surface area (Å²) in [4.78, 5) is 0. The third-order valence-corrected chi connectivity index (χ3v) is 22.6. The molecule has 0 aromatic rings. The van der Waals surface area contributed by atoms with Crippen molar-refractivity contribution < 1.29 is 0 Å². The molecule has 4 unspecified atom stereocenters. The molecular formula is C90H148. The first-order chi connectivity index (χ1) is 42.1. The summed E-state index contributed by atoms with van der Waals surface area (Å²) in [5.74, 6) is 5.94. The molecule has 508 valence electrons. The highest BCUT2D eigenvalue weighted by molar-refractivity contribution is 5.36. The molecule has 2 saturated carbocycles. The zero-order valence-corrected chi connectivity index (χ0v) is 65.6. The highest BCUT2D eigenvalue weighted by Gasteiger charge is 2.26. The normalized spacial score (nSPS) is 25.1. The monoisotopic (exact) mass is 1230 g/mol. The molecule has 4 atom stereocenters. The van der Waals surface area contributed by atoms with Gasteiger partial charge in [-0.1, -0.05) is 220 Å². The Morgan fingerprint density at radius 2 is 0.589 bits per heavy atom. The van der Waals surface area contributed by atoms with E-state index in [4.69, 9.17) is 0 Å². The van der Waals surface area contributed by atoms with Crippen LogP contribution in [0.5, 0.6) is 0 Å². The standard InChI is InChI=1S/2C10H16.6C9H14.2C8H16/c1-8-5-4-6-9(2)10(3)7-8;1-8-6-4-5-7-9(2)10(8)3;4*1-7-4-5-8(2)9(3)6-7;2*1-7-5-4-6-8(2)9(7)3;1-6-4-7(2)8(3)5-6;1-6-4-5-7(2)8(6)3/h7H,4-6H2,1-3H3;6H,4-5,7H2,1-3H3;2*6H,4-5H2,1-3H3;2*4H,5-6H2,1-3H3;2*5H,4,6H2,1-3H3;2*6-8H,4-5H2,1-3H3. The Morgan fingerprint density at radius 1 is 0.267 bits per heavy atom. The fourth-order valence-electron chi connectivity index (χ4n) is 13.1. The van der Waals surface area contributed by atoms with Crippen molar-refractivity contribution >= 4 is 0 Å². The van der Waals surface area contributed by atoms with Gasteiger partial charge in [0.15, 0.2) is 0 Å². The molecule has 90 heavy (non-hydrogen) atoms. The van der Waals surface area contributed by atoms with E-state index in [0.29, 0.717) is 0 Å². The molecule has 2 fully saturated rings. The average Bonchev–Trinajstić information content (AvgIpc) is 4.07. The van der Waals surface area contributed by atoms with Crippen LogP contribution in [-0.2, 0) is 0 Å². The smallest absolute Gasteiger partial charge is 0.0111 e. The van der Waals surface area contributed by atoms with E-state index >= 15 is 0 Å². The maximum Gasteiger partial charge on any atom is -0.0111 e. The van der Waals surface area contributed by atoms with Gasteiger partial charge in [-0.05, 0) is 347 Å². The van der Waals surface area contributed by atoms with E-state index in [1.807, 2.05) is 0 Å². The minimum atomic E-state index is 0.981. The van der Waals surface area contributed by atoms with E-state index in [2.05, 4.69) is 256 Å². The van der Waals surface area contributed by atoms with Crippen molar-refractivity contribution in [3.63, 3.8) is 0 Å². The molecule has 10 aliphatic rings. The number of allylic oxidation sites excluding steroid dienone is 32. The lowest BCUT2D eigenvalue weighted by molar-refractivity contribution is 0.380. The maximum atomic E-state index is 2.38. The molecule has 0 amide bonds. The fourth-order valence-corrected chi connectivity index (χ4v) is 13.1. The summed E-state index contributed by atoms with van der Waals surface area (Å²) in [7, 11) is 0. The third-order valence-electron chi connectivity index (χ3n) is 22.6. The second-order valence-corrected chi connectivity index (χ2v) is 31.0. The van der Waals surface area contributed by atoms with E-state index < -0.39 is 0 Å². The van der Waals surface area contributed by atoms with E-state index in [-0.39, 0.29) is 0 Å². The average molecular weight is 1230 g/mol. The lowest BCUT2D eigenvalue weighted by atomic mass is 9.94. The molecule has 0 nitrogen and oxygen atoms in total. The molecule has 0 heterocycles. The molecule has 0 aromatic heterocycles. The highest BCUT2D eigenvalue weighted by Crippen LogP contribution is 2.37. The van der Waals surface area contributed by atoms with Crippen LogP contribution in [0.2, 0.25) is 0 Å². The Morgan fingerprint density at radius 3 is 0.878 bits per heavy atom. The Bertz CT molecular complexity index is 2650. The molecule has 0 spiro atoms. The summed E-state index contributed by atoms with van der Waals surface area (Å²) in [5, 5.41) is 0. The van der Waals surface area contributed by atoms with Crippen LogP contribution in [0.25, 0.3) is 0 Å². The lowest BCUT2D eigenvalue weighted by Crippen LogP contribution is -2.04. The van der Waals surface area contributed by atoms with Crippen molar-refractivity contribution in [1.82, 2.24) is 0 Å². The van der Waals surface area contributed by atoms with E-state index in [0.717, 1.165) is 35.5 Å². The summed E-state index contributed by atoms with van der Waals surface area (Å²) in [6, 6.07) is 0. The first kappa shape index (κ1) is 83.9. The Labute approximate surface area is 563 Å². The van der Waals surface area contributed by atoms with Gasteiger partial charge in [0.1, 0.15) is 0 Å². The van der Waals surface area contributed by atoms with Crippen LogP contribution in [-0.4, -0.2) is 0 Å². The highest BCUT2D eigenvalue weighted by atomic mass is 14.3. The van der Waals surface area contributed by atoms with Crippen LogP contribution in [0.3, 0.4) is 0 Å². The fraction of sp³-hybridized carbons (Fsp3) is 0.644. The Balaban J connectivity index is 0.000000500. The van der Waals surface area contributed by atoms with Crippen molar-refractivity contribution in [2.75, 3.05) is 0 Å². The van der Waals surface area contributed by atoms with Crippen molar-refractivity contribution in [1.29, 1.82) is 0 Å². The summed E-state index contributed by atoms with van der Waals surface area (Å²) in [5.41, 5.74) is 36.6. The summed E-state index contributed by atoms with van der Waals surface area (Å²) < 4.78 is 0. The minimum absolute atomic E-state index is 0.981. The number of hydrogen-bond acceptors (Lipinski definition) is 0. The molecule has 0 bridgehead atoms. The van der Waals surface area contributed by atoms with Crippen LogP contribution in [0.15, 0.2) is 182 Å². The number of rotatable bonds is 0. The van der Waals surface area contributed by atoms with E-state index in [9.17, 15) is 0 Å². The molecule has 0 heteroatoms. The predicted octanol–water partition coefficient (Wildman–Crippen LogP) is 30.7. The summed E-state index contributed by atoms with van der Waals surface area (Å²) in [6.07, 6.45) is 47.0. The quantitative estimate of drug-likeness (QED) is 0.212. The van der Waals surface area contributed by atoms with Gasteiger partial charge in [-0.15, -0.1) is 0 Å². The van der Waals surface area contributed by atoms with E-state index in [1.165, 1.54) is 219 Å². The van der Waals surface area contributed by atoms with Crippen LogP contribution < -0.4 is 0 Å². The van der Waals surface area contributed by atoms with Gasteiger partial charge in [-0.2, -0.15) is 0 Å². The molecule has 0 N–H and O–H groups in total. The van der Waals surface area contributed by atoms with Gasteiger partial charge in [0.2, 0.25) is 0 Å². The second-order valence-electron chi connectivity index (χ2n) is 31.0. The van der Waals surface area contributed by atoms with Gasteiger partial charge >= 0.3 is 0 Å². The zero-order chi connectivity index (χ0) is 68.5. The second kappa shape index (κ2) is 44.4. The lowest BCUT2D eigenvalue weighted by Gasteiger charge is -2.12. The van der Waals surface area contributed by atoms with Crippen LogP contribution >= 0.6 is 0 Å². The maximum absolute atomic E-state index is 2.38. The third kappa shape index (κ3) is 34.1. The van der Waals surface area contributed by atoms with Crippen LogP contribution in [0.4, 0.5) is 0 Å². The minimum Gasteiger partial charge on any atom is -0.0813 e. The van der Waals surface area contributed by atoms with Gasteiger partial charge in [-0.25, -0.2) is 0 Å². The van der Waals surface area contributed by atoms with E-state index in [1.54, 1.807) is 55.7 Å². The summed E-state index contributed by atoms with van der Waals surface area (Å²) >= 11 is 0. The largest absolute Gasteiger partial charge is 0.0813 e. The van der Waals surface area contributed by atoms with Gasteiger partial charge in [0, 0.05) is 0 Å². The van der Waals surface area contributed by atoms with Crippen molar-refractivity contribution in [2.45, 2.75) is 349 Å². The van der Waals surface area contributed by atoms with Crippen molar-refractivity contribution in [3.8, 4) is 0 Å². The van der Waals surface area contributed by atoms with Crippen LogP contribution in [0.1, 0.15) is 349 Å². The predicted molar refractivity (Wildman–Crippen MR) is 414 cm³/mol.